The van der Waals surface area contributed by atoms with Crippen molar-refractivity contribution in [2.45, 2.75) is 13.5 Å². The molecule has 6 heteroatoms. The van der Waals surface area contributed by atoms with Crippen LogP contribution in [0.1, 0.15) is 21.1 Å². The molecule has 18 heavy (non-hydrogen) atoms. The van der Waals surface area contributed by atoms with Crippen LogP contribution in [0.15, 0.2) is 23.6 Å². The predicted molar refractivity (Wildman–Crippen MR) is 67.8 cm³/mol. The number of phenolic OH excluding ortho intramolecular Hbond substituents is 2. The van der Waals surface area contributed by atoms with Crippen molar-refractivity contribution in [3.8, 4) is 11.5 Å². The molecule has 0 radical (unpaired) electrons. The quantitative estimate of drug-likeness (QED) is 0.738. The third-order valence-electron chi connectivity index (χ3n) is 2.36. The molecule has 1 heterocycles. The van der Waals surface area contributed by atoms with Crippen molar-refractivity contribution in [3.63, 3.8) is 0 Å². The molecular formula is C12H12N2O3S. The first-order valence-corrected chi connectivity index (χ1v) is 6.16. The number of carbonyl (C=O) groups is 1. The molecule has 2 aromatic rings. The minimum Gasteiger partial charge on any atom is -0.504 e. The second-order valence-corrected chi connectivity index (χ2v) is 4.78. The second kappa shape index (κ2) is 5.05. The molecule has 0 aliphatic carbocycles. The van der Waals surface area contributed by atoms with Gasteiger partial charge in [-0.3, -0.25) is 4.79 Å². The molecule has 1 amide bonds. The summed E-state index contributed by atoms with van der Waals surface area (Å²) in [5, 5.41) is 24.3. The lowest BCUT2D eigenvalue weighted by Gasteiger charge is -2.06. The number of phenols is 2. The number of thiazole rings is 1. The zero-order valence-corrected chi connectivity index (χ0v) is 10.5. The minimum absolute atomic E-state index is 0.0435. The summed E-state index contributed by atoms with van der Waals surface area (Å²) in [7, 11) is 0. The fourth-order valence-corrected chi connectivity index (χ4v) is 2.08. The average Bonchev–Trinajstić information content (AvgIpc) is 2.76. The van der Waals surface area contributed by atoms with Gasteiger partial charge in [0, 0.05) is 5.38 Å². The maximum absolute atomic E-state index is 11.8. The smallest absolute Gasteiger partial charge is 0.255 e. The number of rotatable bonds is 3. The predicted octanol–water partition coefficient (Wildman–Crippen LogP) is 1.79. The van der Waals surface area contributed by atoms with Crippen LogP contribution < -0.4 is 5.32 Å². The van der Waals surface area contributed by atoms with Crippen LogP contribution in [-0.2, 0) is 6.54 Å². The molecule has 0 aliphatic heterocycles. The zero-order chi connectivity index (χ0) is 13.1. The van der Waals surface area contributed by atoms with E-state index in [9.17, 15) is 15.0 Å². The normalized spacial score (nSPS) is 10.3. The van der Waals surface area contributed by atoms with E-state index in [1.807, 2.05) is 12.3 Å². The van der Waals surface area contributed by atoms with E-state index in [-0.39, 0.29) is 17.9 Å². The minimum atomic E-state index is -0.450. The van der Waals surface area contributed by atoms with Gasteiger partial charge in [0.15, 0.2) is 11.5 Å². The number of aryl methyl sites for hydroxylation is 1. The number of aromatic hydroxyl groups is 2. The molecule has 94 valence electrons. The van der Waals surface area contributed by atoms with E-state index in [2.05, 4.69) is 10.3 Å². The van der Waals surface area contributed by atoms with Crippen LogP contribution in [-0.4, -0.2) is 21.1 Å². The Hall–Kier alpha value is -2.08. The highest BCUT2D eigenvalue weighted by Gasteiger charge is 2.13. The van der Waals surface area contributed by atoms with Crippen LogP contribution in [0.2, 0.25) is 0 Å². The van der Waals surface area contributed by atoms with Crippen molar-refractivity contribution >= 4 is 17.2 Å². The van der Waals surface area contributed by atoms with Crippen LogP contribution in [0.5, 0.6) is 11.5 Å². The van der Waals surface area contributed by atoms with Crippen molar-refractivity contribution < 1.29 is 15.0 Å². The molecular weight excluding hydrogens is 252 g/mol. The number of amides is 1. The lowest BCUT2D eigenvalue weighted by Crippen LogP contribution is -2.23. The molecule has 0 unspecified atom stereocenters. The van der Waals surface area contributed by atoms with E-state index in [0.717, 1.165) is 10.7 Å². The highest BCUT2D eigenvalue weighted by molar-refractivity contribution is 7.09. The van der Waals surface area contributed by atoms with E-state index in [1.54, 1.807) is 0 Å². The fourth-order valence-electron chi connectivity index (χ4n) is 1.47. The van der Waals surface area contributed by atoms with Crippen molar-refractivity contribution in [2.24, 2.45) is 0 Å². The molecule has 0 saturated heterocycles. The summed E-state index contributed by atoms with van der Waals surface area (Å²) in [6, 6.07) is 4.25. The van der Waals surface area contributed by atoms with Gasteiger partial charge in [-0.1, -0.05) is 6.07 Å². The largest absolute Gasteiger partial charge is 0.504 e. The Labute approximate surface area is 108 Å². The molecule has 5 nitrogen and oxygen atoms in total. The summed E-state index contributed by atoms with van der Waals surface area (Å²) in [4.78, 5) is 16.0. The Morgan fingerprint density at radius 3 is 2.89 bits per heavy atom. The summed E-state index contributed by atoms with van der Waals surface area (Å²) in [6.07, 6.45) is 0. The number of nitrogens with zero attached hydrogens (tertiary/aromatic N) is 1. The van der Waals surface area contributed by atoms with E-state index >= 15 is 0 Å². The maximum atomic E-state index is 11.8. The van der Waals surface area contributed by atoms with Gasteiger partial charge >= 0.3 is 0 Å². The Kier molecular flexibility index (Phi) is 3.47. The number of hydrogen-bond donors (Lipinski definition) is 3. The first-order chi connectivity index (χ1) is 8.58. The lowest BCUT2D eigenvalue weighted by atomic mass is 10.1. The van der Waals surface area contributed by atoms with Gasteiger partial charge in [-0.15, -0.1) is 11.3 Å². The molecule has 2 rings (SSSR count). The number of para-hydroxylation sites is 1. The van der Waals surface area contributed by atoms with Crippen LogP contribution in [0.25, 0.3) is 0 Å². The molecule has 0 atom stereocenters. The Balaban J connectivity index is 2.06. The van der Waals surface area contributed by atoms with Gasteiger partial charge in [-0.2, -0.15) is 0 Å². The summed E-state index contributed by atoms with van der Waals surface area (Å²) >= 11 is 1.51. The van der Waals surface area contributed by atoms with Gasteiger partial charge in [0.1, 0.15) is 0 Å². The van der Waals surface area contributed by atoms with E-state index in [0.29, 0.717) is 0 Å². The molecule has 0 aliphatic rings. The monoisotopic (exact) mass is 264 g/mol. The highest BCUT2D eigenvalue weighted by Crippen LogP contribution is 2.27. The number of aromatic nitrogens is 1. The van der Waals surface area contributed by atoms with Crippen LogP contribution in [0.3, 0.4) is 0 Å². The summed E-state index contributed by atoms with van der Waals surface area (Å²) < 4.78 is 0. The van der Waals surface area contributed by atoms with Gasteiger partial charge in [0.2, 0.25) is 0 Å². The summed E-state index contributed by atoms with van der Waals surface area (Å²) in [6.45, 7) is 2.18. The van der Waals surface area contributed by atoms with Gasteiger partial charge in [0.05, 0.1) is 22.8 Å². The van der Waals surface area contributed by atoms with E-state index < -0.39 is 11.7 Å². The molecule has 0 spiro atoms. The topological polar surface area (TPSA) is 82.5 Å². The number of hydrogen-bond acceptors (Lipinski definition) is 5. The zero-order valence-electron chi connectivity index (χ0n) is 9.67. The highest BCUT2D eigenvalue weighted by atomic mass is 32.1. The molecule has 1 aromatic carbocycles. The lowest BCUT2D eigenvalue weighted by molar-refractivity contribution is 0.0947. The number of carbonyl (C=O) groups excluding carboxylic acids is 1. The Morgan fingerprint density at radius 2 is 2.22 bits per heavy atom. The van der Waals surface area contributed by atoms with Crippen molar-refractivity contribution in [1.82, 2.24) is 10.3 Å². The van der Waals surface area contributed by atoms with Gasteiger partial charge in [-0.05, 0) is 19.1 Å². The summed E-state index contributed by atoms with van der Waals surface area (Å²) in [5.41, 5.74) is 0.812. The average molecular weight is 264 g/mol. The molecule has 0 saturated carbocycles. The first kappa shape index (κ1) is 12.4. The van der Waals surface area contributed by atoms with Crippen molar-refractivity contribution in [2.75, 3.05) is 0 Å². The van der Waals surface area contributed by atoms with Crippen LogP contribution >= 0.6 is 11.3 Å². The molecule has 0 fully saturated rings. The Bertz CT molecular complexity index is 580. The fraction of sp³-hybridized carbons (Fsp3) is 0.167. The van der Waals surface area contributed by atoms with Crippen LogP contribution in [0.4, 0.5) is 0 Å². The maximum Gasteiger partial charge on any atom is 0.255 e. The van der Waals surface area contributed by atoms with Gasteiger partial charge < -0.3 is 15.5 Å². The van der Waals surface area contributed by atoms with Crippen LogP contribution in [0, 0.1) is 6.92 Å². The van der Waals surface area contributed by atoms with E-state index in [4.69, 9.17) is 0 Å². The SMILES string of the molecule is Cc1nc(CNC(=O)c2cccc(O)c2O)cs1. The van der Waals surface area contributed by atoms with E-state index in [1.165, 1.54) is 29.5 Å². The number of benzene rings is 1. The van der Waals surface area contributed by atoms with Crippen molar-refractivity contribution in [1.29, 1.82) is 0 Å². The van der Waals surface area contributed by atoms with Crippen molar-refractivity contribution in [3.05, 3.63) is 39.8 Å². The molecule has 3 N–H and O–H groups in total. The standard InChI is InChI=1S/C12H12N2O3S/c1-7-14-8(6-18-7)5-13-12(17)9-3-2-4-10(15)11(9)16/h2-4,6,15-16H,5H2,1H3,(H,13,17). The second-order valence-electron chi connectivity index (χ2n) is 3.71. The third-order valence-corrected chi connectivity index (χ3v) is 3.18. The Morgan fingerprint density at radius 1 is 1.44 bits per heavy atom. The molecule has 0 bridgehead atoms. The van der Waals surface area contributed by atoms with Gasteiger partial charge in [-0.25, -0.2) is 4.98 Å². The number of nitrogens with one attached hydrogen (secondary N) is 1. The summed E-state index contributed by atoms with van der Waals surface area (Å²) in [5.74, 6) is -1.18. The van der Waals surface area contributed by atoms with Gasteiger partial charge in [0.25, 0.3) is 5.91 Å². The molecule has 1 aromatic heterocycles. The third kappa shape index (κ3) is 2.60. The first-order valence-electron chi connectivity index (χ1n) is 5.28.